The van der Waals surface area contributed by atoms with Crippen LogP contribution in [0, 0.1) is 17.8 Å². The standard InChI is InChI=1S/C12H24O/c1-8(2)11-7-6-10(5)12(13-11)9(3)4/h8-12H,6-7H2,1-5H3. The van der Waals surface area contributed by atoms with Crippen LogP contribution in [0.4, 0.5) is 0 Å². The molecule has 0 amide bonds. The van der Waals surface area contributed by atoms with Crippen LogP contribution in [0.5, 0.6) is 0 Å². The Morgan fingerprint density at radius 2 is 1.62 bits per heavy atom. The van der Waals surface area contributed by atoms with Crippen LogP contribution in [-0.2, 0) is 4.74 Å². The number of ether oxygens (including phenoxy) is 1. The normalized spacial score (nSPS) is 35.8. The molecule has 0 saturated carbocycles. The van der Waals surface area contributed by atoms with Crippen LogP contribution in [0.25, 0.3) is 0 Å². The summed E-state index contributed by atoms with van der Waals surface area (Å²) >= 11 is 0. The fourth-order valence-corrected chi connectivity index (χ4v) is 2.30. The zero-order chi connectivity index (χ0) is 10.0. The molecule has 1 heterocycles. The van der Waals surface area contributed by atoms with E-state index in [4.69, 9.17) is 4.74 Å². The van der Waals surface area contributed by atoms with E-state index in [2.05, 4.69) is 34.6 Å². The highest BCUT2D eigenvalue weighted by atomic mass is 16.5. The van der Waals surface area contributed by atoms with E-state index in [1.165, 1.54) is 12.8 Å². The summed E-state index contributed by atoms with van der Waals surface area (Å²) < 4.78 is 6.12. The minimum absolute atomic E-state index is 0.487. The molecule has 1 saturated heterocycles. The predicted molar refractivity (Wildman–Crippen MR) is 56.7 cm³/mol. The van der Waals surface area contributed by atoms with Gasteiger partial charge in [0.1, 0.15) is 0 Å². The Morgan fingerprint density at radius 1 is 1.00 bits per heavy atom. The molecule has 0 aromatic carbocycles. The van der Waals surface area contributed by atoms with Crippen molar-refractivity contribution in [2.45, 2.75) is 59.7 Å². The van der Waals surface area contributed by atoms with Gasteiger partial charge in [0.2, 0.25) is 0 Å². The van der Waals surface area contributed by atoms with Gasteiger partial charge in [-0.3, -0.25) is 0 Å². The first kappa shape index (κ1) is 11.0. The molecule has 0 aromatic heterocycles. The maximum atomic E-state index is 6.12. The van der Waals surface area contributed by atoms with Gasteiger partial charge in [0.05, 0.1) is 12.2 Å². The fourth-order valence-electron chi connectivity index (χ4n) is 2.30. The molecule has 3 unspecified atom stereocenters. The third kappa shape index (κ3) is 2.70. The summed E-state index contributed by atoms with van der Waals surface area (Å²) in [6, 6.07) is 0. The van der Waals surface area contributed by atoms with Crippen LogP contribution in [-0.4, -0.2) is 12.2 Å². The molecule has 0 radical (unpaired) electrons. The Hall–Kier alpha value is -0.0400. The molecule has 0 spiro atoms. The van der Waals surface area contributed by atoms with Gasteiger partial charge in [-0.2, -0.15) is 0 Å². The van der Waals surface area contributed by atoms with Crippen molar-refractivity contribution in [1.29, 1.82) is 0 Å². The minimum atomic E-state index is 0.487. The van der Waals surface area contributed by atoms with Gasteiger partial charge >= 0.3 is 0 Å². The smallest absolute Gasteiger partial charge is 0.0627 e. The maximum Gasteiger partial charge on any atom is 0.0627 e. The Bertz CT molecular complexity index is 151. The number of hydrogen-bond donors (Lipinski definition) is 0. The summed E-state index contributed by atoms with van der Waals surface area (Å²) in [4.78, 5) is 0. The Labute approximate surface area is 82.9 Å². The first-order valence-electron chi connectivity index (χ1n) is 5.67. The second-order valence-electron chi connectivity index (χ2n) is 5.18. The summed E-state index contributed by atoms with van der Waals surface area (Å²) in [5.41, 5.74) is 0. The molecule has 0 aliphatic carbocycles. The molecule has 1 rings (SSSR count). The van der Waals surface area contributed by atoms with Gasteiger partial charge in [-0.25, -0.2) is 0 Å². The van der Waals surface area contributed by atoms with E-state index in [-0.39, 0.29) is 0 Å². The lowest BCUT2D eigenvalue weighted by atomic mass is 9.85. The van der Waals surface area contributed by atoms with Crippen molar-refractivity contribution in [3.8, 4) is 0 Å². The lowest BCUT2D eigenvalue weighted by Crippen LogP contribution is -2.39. The van der Waals surface area contributed by atoms with E-state index < -0.39 is 0 Å². The van der Waals surface area contributed by atoms with Gasteiger partial charge in [0.25, 0.3) is 0 Å². The van der Waals surface area contributed by atoms with Crippen molar-refractivity contribution < 1.29 is 4.74 Å². The van der Waals surface area contributed by atoms with E-state index in [1.54, 1.807) is 0 Å². The Morgan fingerprint density at radius 3 is 2.08 bits per heavy atom. The van der Waals surface area contributed by atoms with Crippen molar-refractivity contribution in [2.24, 2.45) is 17.8 Å². The second-order valence-corrected chi connectivity index (χ2v) is 5.18. The maximum absolute atomic E-state index is 6.12. The molecule has 0 aromatic rings. The third-order valence-electron chi connectivity index (χ3n) is 3.20. The first-order chi connectivity index (χ1) is 6.02. The zero-order valence-electron chi connectivity index (χ0n) is 9.71. The van der Waals surface area contributed by atoms with Gasteiger partial charge in [-0.15, -0.1) is 0 Å². The summed E-state index contributed by atoms with van der Waals surface area (Å²) in [6.45, 7) is 11.4. The van der Waals surface area contributed by atoms with Gasteiger partial charge in [-0.1, -0.05) is 34.6 Å². The molecular weight excluding hydrogens is 160 g/mol. The predicted octanol–water partition coefficient (Wildman–Crippen LogP) is 3.48. The molecule has 1 heteroatoms. The molecule has 0 bridgehead atoms. The van der Waals surface area contributed by atoms with Crippen LogP contribution in [0.3, 0.4) is 0 Å². The monoisotopic (exact) mass is 184 g/mol. The van der Waals surface area contributed by atoms with Gasteiger partial charge in [0.15, 0.2) is 0 Å². The van der Waals surface area contributed by atoms with E-state index in [9.17, 15) is 0 Å². The Kier molecular flexibility index (Phi) is 3.78. The SMILES string of the molecule is CC(C)C1CCC(C)C(C(C)C)O1. The molecule has 78 valence electrons. The van der Waals surface area contributed by atoms with Crippen molar-refractivity contribution in [1.82, 2.24) is 0 Å². The molecular formula is C12H24O. The van der Waals surface area contributed by atoms with E-state index in [0.29, 0.717) is 24.0 Å². The summed E-state index contributed by atoms with van der Waals surface area (Å²) in [5, 5.41) is 0. The zero-order valence-corrected chi connectivity index (χ0v) is 9.71. The second kappa shape index (κ2) is 4.45. The molecule has 0 N–H and O–H groups in total. The van der Waals surface area contributed by atoms with E-state index >= 15 is 0 Å². The minimum Gasteiger partial charge on any atom is -0.374 e. The first-order valence-corrected chi connectivity index (χ1v) is 5.67. The van der Waals surface area contributed by atoms with Gasteiger partial charge in [-0.05, 0) is 30.6 Å². The molecule has 13 heavy (non-hydrogen) atoms. The molecule has 1 fully saturated rings. The fraction of sp³-hybridized carbons (Fsp3) is 1.00. The molecule has 1 nitrogen and oxygen atoms in total. The molecule has 1 aliphatic heterocycles. The van der Waals surface area contributed by atoms with Crippen molar-refractivity contribution in [3.05, 3.63) is 0 Å². The van der Waals surface area contributed by atoms with Crippen molar-refractivity contribution in [2.75, 3.05) is 0 Å². The van der Waals surface area contributed by atoms with Gasteiger partial charge in [0, 0.05) is 0 Å². The van der Waals surface area contributed by atoms with Gasteiger partial charge < -0.3 is 4.74 Å². The molecule has 1 aliphatic rings. The lowest BCUT2D eigenvalue weighted by molar-refractivity contribution is -0.116. The third-order valence-corrected chi connectivity index (χ3v) is 3.20. The van der Waals surface area contributed by atoms with Crippen molar-refractivity contribution >= 4 is 0 Å². The van der Waals surface area contributed by atoms with Crippen LogP contribution >= 0.6 is 0 Å². The Balaban J connectivity index is 2.53. The number of rotatable bonds is 2. The summed E-state index contributed by atoms with van der Waals surface area (Å²) in [7, 11) is 0. The average Bonchev–Trinajstić information content (AvgIpc) is 2.04. The highest BCUT2D eigenvalue weighted by Crippen LogP contribution is 2.31. The van der Waals surface area contributed by atoms with Crippen LogP contribution in [0.2, 0.25) is 0 Å². The topological polar surface area (TPSA) is 9.23 Å². The van der Waals surface area contributed by atoms with Crippen LogP contribution in [0.15, 0.2) is 0 Å². The average molecular weight is 184 g/mol. The van der Waals surface area contributed by atoms with E-state index in [0.717, 1.165) is 5.92 Å². The highest BCUT2D eigenvalue weighted by molar-refractivity contribution is 4.79. The van der Waals surface area contributed by atoms with Crippen LogP contribution in [0.1, 0.15) is 47.5 Å². The quantitative estimate of drug-likeness (QED) is 0.638. The molecule has 3 atom stereocenters. The largest absolute Gasteiger partial charge is 0.374 e. The van der Waals surface area contributed by atoms with E-state index in [1.807, 2.05) is 0 Å². The highest BCUT2D eigenvalue weighted by Gasteiger charge is 2.31. The van der Waals surface area contributed by atoms with Crippen LogP contribution < -0.4 is 0 Å². The van der Waals surface area contributed by atoms with Crippen molar-refractivity contribution in [3.63, 3.8) is 0 Å². The lowest BCUT2D eigenvalue weighted by Gasteiger charge is -2.38. The summed E-state index contributed by atoms with van der Waals surface area (Å²) in [5.74, 6) is 2.08. The summed E-state index contributed by atoms with van der Waals surface area (Å²) in [6.07, 6.45) is 3.58. The number of hydrogen-bond acceptors (Lipinski definition) is 1.